The van der Waals surface area contributed by atoms with Crippen LogP contribution in [0.25, 0.3) is 0 Å². The highest BCUT2D eigenvalue weighted by Gasteiger charge is 2.31. The Labute approximate surface area is 189 Å². The molecule has 1 aliphatic heterocycles. The van der Waals surface area contributed by atoms with Crippen molar-refractivity contribution < 1.29 is 27.6 Å². The zero-order chi connectivity index (χ0) is 24.2. The first-order valence-corrected chi connectivity index (χ1v) is 10.3. The second-order valence-corrected chi connectivity index (χ2v) is 7.82. The molecule has 33 heavy (non-hydrogen) atoms. The van der Waals surface area contributed by atoms with Gasteiger partial charge >= 0.3 is 6.18 Å². The van der Waals surface area contributed by atoms with E-state index in [1.807, 2.05) is 9.80 Å². The molecule has 0 aromatic heterocycles. The van der Waals surface area contributed by atoms with E-state index in [0.29, 0.717) is 44.0 Å². The van der Waals surface area contributed by atoms with E-state index < -0.39 is 22.7 Å². The maximum absolute atomic E-state index is 12.9. The lowest BCUT2D eigenvalue weighted by molar-refractivity contribution is -0.384. The number of methoxy groups -OCH3 is 1. The van der Waals surface area contributed by atoms with E-state index in [0.717, 1.165) is 12.1 Å². The summed E-state index contributed by atoms with van der Waals surface area (Å²) in [4.78, 5) is 27.2. The van der Waals surface area contributed by atoms with Crippen LogP contribution in [0.4, 0.5) is 24.5 Å². The van der Waals surface area contributed by atoms with Crippen molar-refractivity contribution in [1.29, 1.82) is 0 Å². The van der Waals surface area contributed by atoms with Crippen molar-refractivity contribution in [3.05, 3.63) is 63.7 Å². The first-order valence-electron chi connectivity index (χ1n) is 10.3. The van der Waals surface area contributed by atoms with Gasteiger partial charge in [-0.15, -0.1) is 0 Å². The third kappa shape index (κ3) is 6.20. The van der Waals surface area contributed by atoms with Crippen molar-refractivity contribution >= 4 is 17.3 Å². The first kappa shape index (κ1) is 24.5. The van der Waals surface area contributed by atoms with Gasteiger partial charge < -0.3 is 10.1 Å². The number of alkyl halides is 3. The van der Waals surface area contributed by atoms with E-state index in [9.17, 15) is 28.1 Å². The average molecular weight is 466 g/mol. The number of halogens is 3. The van der Waals surface area contributed by atoms with Gasteiger partial charge in [0.1, 0.15) is 5.75 Å². The van der Waals surface area contributed by atoms with E-state index in [2.05, 4.69) is 5.32 Å². The summed E-state index contributed by atoms with van der Waals surface area (Å²) in [6.07, 6.45) is -4.38. The standard InChI is InChI=1S/C22H25F3N4O4/c1-15(21(30)26-19-13-18(29(31)32)6-7-20(19)33-2)28-10-8-27(9-11-28)14-16-4-3-5-17(12-16)22(23,24)25/h3-7,12-13,15H,8-11,14H2,1-2H3,(H,26,30). The number of carbonyl (C=O) groups excluding carboxylic acids is 1. The molecule has 1 heterocycles. The number of amides is 1. The Kier molecular flexibility index (Phi) is 7.54. The smallest absolute Gasteiger partial charge is 0.416 e. The molecule has 1 fully saturated rings. The molecular weight excluding hydrogens is 441 g/mol. The fourth-order valence-corrected chi connectivity index (χ4v) is 3.72. The van der Waals surface area contributed by atoms with Crippen LogP contribution in [0.5, 0.6) is 5.75 Å². The number of nitrogens with zero attached hydrogens (tertiary/aromatic N) is 3. The molecule has 1 unspecified atom stereocenters. The van der Waals surface area contributed by atoms with Crippen LogP contribution in [0.3, 0.4) is 0 Å². The lowest BCUT2D eigenvalue weighted by Crippen LogP contribution is -2.52. The SMILES string of the molecule is COc1ccc([N+](=O)[O-])cc1NC(=O)C(C)N1CCN(Cc2cccc(C(F)(F)F)c2)CC1. The predicted molar refractivity (Wildman–Crippen MR) is 116 cm³/mol. The van der Waals surface area contributed by atoms with Crippen molar-refractivity contribution in [3.8, 4) is 5.75 Å². The number of nitrogens with one attached hydrogen (secondary N) is 1. The maximum atomic E-state index is 12.9. The number of carbonyl (C=O) groups is 1. The van der Waals surface area contributed by atoms with Gasteiger partial charge in [0.15, 0.2) is 0 Å². The van der Waals surface area contributed by atoms with Crippen molar-refractivity contribution in [2.45, 2.75) is 25.7 Å². The molecule has 0 aliphatic carbocycles. The molecule has 0 radical (unpaired) electrons. The molecule has 1 aliphatic rings. The Bertz CT molecular complexity index is 1010. The molecule has 1 amide bonds. The predicted octanol–water partition coefficient (Wildman–Crippen LogP) is 3.77. The van der Waals surface area contributed by atoms with Gasteiger partial charge in [0.25, 0.3) is 5.69 Å². The number of hydrogen-bond donors (Lipinski definition) is 1. The quantitative estimate of drug-likeness (QED) is 0.494. The third-order valence-corrected chi connectivity index (χ3v) is 5.65. The molecule has 0 saturated carbocycles. The molecule has 1 N–H and O–H groups in total. The van der Waals surface area contributed by atoms with Gasteiger partial charge in [-0.2, -0.15) is 13.2 Å². The molecule has 1 saturated heterocycles. The highest BCUT2D eigenvalue weighted by molar-refractivity contribution is 5.96. The van der Waals surface area contributed by atoms with Gasteiger partial charge in [-0.1, -0.05) is 18.2 Å². The Morgan fingerprint density at radius 3 is 2.48 bits per heavy atom. The highest BCUT2D eigenvalue weighted by atomic mass is 19.4. The Morgan fingerprint density at radius 2 is 1.88 bits per heavy atom. The summed E-state index contributed by atoms with van der Waals surface area (Å²) in [6.45, 7) is 4.42. The number of piperazine rings is 1. The van der Waals surface area contributed by atoms with Crippen molar-refractivity contribution in [2.24, 2.45) is 0 Å². The summed E-state index contributed by atoms with van der Waals surface area (Å²) < 4.78 is 44.0. The minimum Gasteiger partial charge on any atom is -0.495 e. The number of non-ortho nitro benzene ring substituents is 1. The highest BCUT2D eigenvalue weighted by Crippen LogP contribution is 2.30. The summed E-state index contributed by atoms with van der Waals surface area (Å²) in [5, 5.41) is 13.7. The molecule has 2 aromatic carbocycles. The second kappa shape index (κ2) is 10.2. The van der Waals surface area contributed by atoms with Crippen LogP contribution in [-0.4, -0.2) is 60.0 Å². The van der Waals surface area contributed by atoms with Crippen LogP contribution in [0, 0.1) is 10.1 Å². The van der Waals surface area contributed by atoms with Crippen molar-refractivity contribution in [2.75, 3.05) is 38.6 Å². The minimum atomic E-state index is -4.38. The number of nitro benzene ring substituents is 1. The van der Waals surface area contributed by atoms with Crippen LogP contribution >= 0.6 is 0 Å². The fraction of sp³-hybridized carbons (Fsp3) is 0.409. The number of ether oxygens (including phenoxy) is 1. The summed E-state index contributed by atoms with van der Waals surface area (Å²) in [5.74, 6) is -0.0211. The molecule has 2 aromatic rings. The Hall–Kier alpha value is -3.18. The largest absolute Gasteiger partial charge is 0.495 e. The molecule has 11 heteroatoms. The third-order valence-electron chi connectivity index (χ3n) is 5.65. The molecule has 0 bridgehead atoms. The van der Waals surface area contributed by atoms with E-state index in [4.69, 9.17) is 4.74 Å². The molecule has 3 rings (SSSR count). The molecule has 8 nitrogen and oxygen atoms in total. The average Bonchev–Trinajstić information content (AvgIpc) is 2.78. The van der Waals surface area contributed by atoms with Gasteiger partial charge in [0, 0.05) is 44.9 Å². The Balaban J connectivity index is 1.57. The summed E-state index contributed by atoms with van der Waals surface area (Å²) >= 11 is 0. The molecule has 0 spiro atoms. The van der Waals surface area contributed by atoms with E-state index in [-0.39, 0.29) is 17.3 Å². The number of anilines is 1. The maximum Gasteiger partial charge on any atom is 0.416 e. The zero-order valence-corrected chi connectivity index (χ0v) is 18.3. The topological polar surface area (TPSA) is 87.9 Å². The summed E-state index contributed by atoms with van der Waals surface area (Å²) in [6, 6.07) is 8.74. The zero-order valence-electron chi connectivity index (χ0n) is 18.3. The molecular formula is C22H25F3N4O4. The van der Waals surface area contributed by atoms with E-state index >= 15 is 0 Å². The monoisotopic (exact) mass is 466 g/mol. The van der Waals surface area contributed by atoms with Crippen LogP contribution in [0.15, 0.2) is 42.5 Å². The normalized spacial score (nSPS) is 16.3. The van der Waals surface area contributed by atoms with Gasteiger partial charge in [-0.3, -0.25) is 24.7 Å². The number of rotatable bonds is 7. The Morgan fingerprint density at radius 1 is 1.18 bits per heavy atom. The van der Waals surface area contributed by atoms with E-state index in [1.54, 1.807) is 13.0 Å². The minimum absolute atomic E-state index is 0.165. The summed E-state index contributed by atoms with van der Waals surface area (Å²) in [7, 11) is 1.41. The van der Waals surface area contributed by atoms with Gasteiger partial charge in [-0.05, 0) is 24.6 Å². The van der Waals surface area contributed by atoms with Crippen molar-refractivity contribution in [1.82, 2.24) is 9.80 Å². The number of benzene rings is 2. The van der Waals surface area contributed by atoms with Crippen LogP contribution in [0.2, 0.25) is 0 Å². The first-order chi connectivity index (χ1) is 15.6. The van der Waals surface area contributed by atoms with Crippen LogP contribution in [-0.2, 0) is 17.5 Å². The summed E-state index contributed by atoms with van der Waals surface area (Å²) in [5.41, 5.74) is -0.0315. The fourth-order valence-electron chi connectivity index (χ4n) is 3.72. The lowest BCUT2D eigenvalue weighted by Gasteiger charge is -2.37. The van der Waals surface area contributed by atoms with Crippen LogP contribution in [0.1, 0.15) is 18.1 Å². The van der Waals surface area contributed by atoms with Gasteiger partial charge in [-0.25, -0.2) is 0 Å². The molecule has 1 atom stereocenters. The van der Waals surface area contributed by atoms with Gasteiger partial charge in [0.2, 0.25) is 5.91 Å². The van der Waals surface area contributed by atoms with Crippen LogP contribution < -0.4 is 10.1 Å². The number of nitro groups is 1. The number of hydrogen-bond acceptors (Lipinski definition) is 6. The van der Waals surface area contributed by atoms with Gasteiger partial charge in [0.05, 0.1) is 29.3 Å². The van der Waals surface area contributed by atoms with E-state index in [1.165, 1.54) is 31.4 Å². The second-order valence-electron chi connectivity index (χ2n) is 7.82. The lowest BCUT2D eigenvalue weighted by atomic mass is 10.1. The van der Waals surface area contributed by atoms with Crippen molar-refractivity contribution in [3.63, 3.8) is 0 Å². The molecule has 178 valence electrons.